The third-order valence-corrected chi connectivity index (χ3v) is 2.64. The van der Waals surface area contributed by atoms with E-state index in [0.717, 1.165) is 5.56 Å². The molecule has 0 bridgehead atoms. The van der Waals surface area contributed by atoms with E-state index in [0.29, 0.717) is 17.5 Å². The van der Waals surface area contributed by atoms with Crippen molar-refractivity contribution in [1.29, 1.82) is 0 Å². The lowest BCUT2D eigenvalue weighted by Crippen LogP contribution is -2.23. The summed E-state index contributed by atoms with van der Waals surface area (Å²) in [6.45, 7) is -0.128. The Balaban J connectivity index is 2.25. The number of hydrazine groups is 1. The molecule has 2 rings (SSSR count). The van der Waals surface area contributed by atoms with Crippen LogP contribution in [0.3, 0.4) is 0 Å². The Labute approximate surface area is 116 Å². The van der Waals surface area contributed by atoms with Crippen LogP contribution in [0.15, 0.2) is 36.4 Å². The molecule has 0 spiro atoms. The second-order valence-electron chi connectivity index (χ2n) is 4.19. The first kappa shape index (κ1) is 14.2. The maximum atomic E-state index is 9.34. The van der Waals surface area contributed by atoms with Crippen LogP contribution in [0, 0.1) is 0 Å². The van der Waals surface area contributed by atoms with Crippen molar-refractivity contribution in [3.05, 3.63) is 36.4 Å². The van der Waals surface area contributed by atoms with Gasteiger partial charge in [-0.15, -0.1) is 0 Å². The number of nitrogens with one attached hydrogen (secondary N) is 2. The number of anilines is 2. The van der Waals surface area contributed by atoms with Crippen molar-refractivity contribution < 1.29 is 10.2 Å². The molecule has 2 aromatic rings. The van der Waals surface area contributed by atoms with E-state index >= 15 is 0 Å². The monoisotopic (exact) mass is 275 g/mol. The van der Waals surface area contributed by atoms with Gasteiger partial charge in [-0.05, 0) is 0 Å². The number of hydrogen-bond acceptors (Lipinski definition) is 7. The van der Waals surface area contributed by atoms with Crippen LogP contribution in [-0.4, -0.2) is 39.4 Å². The summed E-state index contributed by atoms with van der Waals surface area (Å²) in [6, 6.07) is 11.1. The summed E-state index contributed by atoms with van der Waals surface area (Å²) in [4.78, 5) is 8.62. The lowest BCUT2D eigenvalue weighted by molar-refractivity contribution is 0.105. The molecular formula is C13H17N5O2. The molecule has 1 unspecified atom stereocenters. The lowest BCUT2D eigenvalue weighted by atomic mass is 10.2. The van der Waals surface area contributed by atoms with Gasteiger partial charge >= 0.3 is 0 Å². The maximum absolute atomic E-state index is 9.34. The summed E-state index contributed by atoms with van der Waals surface area (Å²) in [6.07, 6.45) is -0.848. The van der Waals surface area contributed by atoms with Gasteiger partial charge in [-0.1, -0.05) is 30.3 Å². The second kappa shape index (κ2) is 6.80. The fraction of sp³-hybridized carbons (Fsp3) is 0.231. The normalized spacial score (nSPS) is 11.9. The average Bonchev–Trinajstić information content (AvgIpc) is 2.53. The zero-order chi connectivity index (χ0) is 14.4. The van der Waals surface area contributed by atoms with E-state index in [9.17, 15) is 5.11 Å². The lowest BCUT2D eigenvalue weighted by Gasteiger charge is -2.12. The molecule has 0 aliphatic heterocycles. The third kappa shape index (κ3) is 3.64. The standard InChI is InChI=1S/C13H17N5O2/c14-18-12-6-11(15-7-10(20)8-19)16-13(17-12)9-4-2-1-3-5-9/h1-6,10,19-20H,7-8,14H2,(H2,15,16,17,18). The minimum Gasteiger partial charge on any atom is -0.394 e. The summed E-state index contributed by atoms with van der Waals surface area (Å²) in [5.41, 5.74) is 3.33. The number of nitrogens with zero attached hydrogens (tertiary/aromatic N) is 2. The maximum Gasteiger partial charge on any atom is 0.163 e. The number of aromatic nitrogens is 2. The predicted octanol–water partition coefficient (Wildman–Crippen LogP) is 0.194. The van der Waals surface area contributed by atoms with Crippen LogP contribution < -0.4 is 16.6 Å². The van der Waals surface area contributed by atoms with Crippen LogP contribution in [0.2, 0.25) is 0 Å². The highest BCUT2D eigenvalue weighted by molar-refractivity contribution is 5.60. The molecule has 6 N–H and O–H groups in total. The van der Waals surface area contributed by atoms with Gasteiger partial charge in [-0.2, -0.15) is 0 Å². The van der Waals surface area contributed by atoms with Gasteiger partial charge in [0.1, 0.15) is 11.6 Å². The molecule has 1 heterocycles. The third-order valence-electron chi connectivity index (χ3n) is 2.64. The quantitative estimate of drug-likeness (QED) is 0.377. The van der Waals surface area contributed by atoms with E-state index in [1.807, 2.05) is 30.3 Å². The molecule has 0 fully saturated rings. The molecule has 0 amide bonds. The van der Waals surface area contributed by atoms with Crippen molar-refractivity contribution in [2.24, 2.45) is 5.84 Å². The zero-order valence-corrected chi connectivity index (χ0v) is 10.8. The van der Waals surface area contributed by atoms with E-state index in [2.05, 4.69) is 20.7 Å². The largest absolute Gasteiger partial charge is 0.394 e. The second-order valence-corrected chi connectivity index (χ2v) is 4.19. The van der Waals surface area contributed by atoms with Crippen LogP contribution in [0.4, 0.5) is 11.6 Å². The number of hydrogen-bond donors (Lipinski definition) is 5. The highest BCUT2D eigenvalue weighted by atomic mass is 16.3. The minimum absolute atomic E-state index is 0.186. The first-order valence-corrected chi connectivity index (χ1v) is 6.17. The molecular weight excluding hydrogens is 258 g/mol. The van der Waals surface area contributed by atoms with Crippen molar-refractivity contribution in [1.82, 2.24) is 9.97 Å². The van der Waals surface area contributed by atoms with Crippen LogP contribution in [0.1, 0.15) is 0 Å². The Bertz CT molecular complexity index is 550. The number of nitrogens with two attached hydrogens (primary N) is 1. The molecule has 7 nitrogen and oxygen atoms in total. The van der Waals surface area contributed by atoms with E-state index in [1.165, 1.54) is 0 Å². The van der Waals surface area contributed by atoms with Crippen molar-refractivity contribution in [3.8, 4) is 11.4 Å². The fourth-order valence-electron chi connectivity index (χ4n) is 1.61. The zero-order valence-electron chi connectivity index (χ0n) is 10.8. The van der Waals surface area contributed by atoms with Crippen LogP contribution in [0.25, 0.3) is 11.4 Å². The van der Waals surface area contributed by atoms with Crippen LogP contribution >= 0.6 is 0 Å². The summed E-state index contributed by atoms with van der Waals surface area (Å²) >= 11 is 0. The van der Waals surface area contributed by atoms with Gasteiger partial charge in [0.05, 0.1) is 12.7 Å². The van der Waals surface area contributed by atoms with Gasteiger partial charge in [0.25, 0.3) is 0 Å². The molecule has 0 saturated carbocycles. The number of benzene rings is 1. The van der Waals surface area contributed by atoms with Crippen molar-refractivity contribution in [2.45, 2.75) is 6.10 Å². The Morgan fingerprint density at radius 1 is 1.15 bits per heavy atom. The van der Waals surface area contributed by atoms with Gasteiger partial charge in [0, 0.05) is 18.2 Å². The van der Waals surface area contributed by atoms with E-state index in [4.69, 9.17) is 10.9 Å². The molecule has 1 aromatic carbocycles. The molecule has 0 aliphatic carbocycles. The van der Waals surface area contributed by atoms with Gasteiger partial charge in [-0.25, -0.2) is 15.8 Å². The van der Waals surface area contributed by atoms with Gasteiger partial charge in [0.2, 0.25) is 0 Å². The van der Waals surface area contributed by atoms with E-state index in [1.54, 1.807) is 6.07 Å². The number of nitrogen functional groups attached to an aromatic ring is 1. The smallest absolute Gasteiger partial charge is 0.163 e. The first-order valence-electron chi connectivity index (χ1n) is 6.17. The Morgan fingerprint density at radius 3 is 2.50 bits per heavy atom. The first-order chi connectivity index (χ1) is 9.72. The molecule has 1 atom stereocenters. The molecule has 0 radical (unpaired) electrons. The van der Waals surface area contributed by atoms with Crippen molar-refractivity contribution >= 4 is 11.6 Å². The highest BCUT2D eigenvalue weighted by Gasteiger charge is 2.07. The highest BCUT2D eigenvalue weighted by Crippen LogP contribution is 2.19. The summed E-state index contributed by atoms with van der Waals surface area (Å²) in [5.74, 6) is 6.88. The Kier molecular flexibility index (Phi) is 4.83. The Hall–Kier alpha value is -2.22. The Morgan fingerprint density at radius 2 is 1.85 bits per heavy atom. The van der Waals surface area contributed by atoms with Crippen LogP contribution in [-0.2, 0) is 0 Å². The van der Waals surface area contributed by atoms with Crippen LogP contribution in [0.5, 0.6) is 0 Å². The molecule has 7 heteroatoms. The predicted molar refractivity (Wildman–Crippen MR) is 76.9 cm³/mol. The van der Waals surface area contributed by atoms with Crippen molar-refractivity contribution in [3.63, 3.8) is 0 Å². The SMILES string of the molecule is NNc1cc(NCC(O)CO)nc(-c2ccccc2)n1. The van der Waals surface area contributed by atoms with Gasteiger partial charge in [0.15, 0.2) is 5.82 Å². The molecule has 1 aromatic heterocycles. The average molecular weight is 275 g/mol. The van der Waals surface area contributed by atoms with Crippen molar-refractivity contribution in [2.75, 3.05) is 23.9 Å². The van der Waals surface area contributed by atoms with Gasteiger partial charge in [-0.3, -0.25) is 0 Å². The van der Waals surface area contributed by atoms with Gasteiger partial charge < -0.3 is 21.0 Å². The molecule has 20 heavy (non-hydrogen) atoms. The summed E-state index contributed by atoms with van der Waals surface area (Å²) in [7, 11) is 0. The molecule has 106 valence electrons. The van der Waals surface area contributed by atoms with E-state index < -0.39 is 6.10 Å². The summed E-state index contributed by atoms with van der Waals surface area (Å²) < 4.78 is 0. The number of rotatable bonds is 6. The topological polar surface area (TPSA) is 116 Å². The number of aliphatic hydroxyl groups is 2. The number of aliphatic hydroxyl groups excluding tert-OH is 2. The minimum atomic E-state index is -0.848. The van der Waals surface area contributed by atoms with E-state index in [-0.39, 0.29) is 13.2 Å². The molecule has 0 saturated heterocycles. The molecule has 0 aliphatic rings. The summed E-state index contributed by atoms with van der Waals surface area (Å²) in [5, 5.41) is 21.1. The fourth-order valence-corrected chi connectivity index (χ4v) is 1.61.